The molecule has 0 aliphatic carbocycles. The highest BCUT2D eigenvalue weighted by molar-refractivity contribution is 5.78. The van der Waals surface area contributed by atoms with Crippen molar-refractivity contribution in [1.29, 1.82) is 0 Å². The number of carbonyl (C=O) groups excluding carboxylic acids is 1. The minimum atomic E-state index is -0.248. The van der Waals surface area contributed by atoms with Crippen LogP contribution in [0.25, 0.3) is 11.0 Å². The summed E-state index contributed by atoms with van der Waals surface area (Å²) in [5, 5.41) is 4.47. The van der Waals surface area contributed by atoms with E-state index in [9.17, 15) is 9.59 Å². The quantitative estimate of drug-likeness (QED) is 0.698. The second kappa shape index (κ2) is 6.86. The number of ether oxygens (including phenoxy) is 1. The number of rotatable bonds is 4. The van der Waals surface area contributed by atoms with Crippen molar-refractivity contribution in [2.24, 2.45) is 7.05 Å². The Balaban J connectivity index is 1.56. The first-order valence-corrected chi connectivity index (χ1v) is 8.89. The largest absolute Gasteiger partial charge is 0.497 e. The summed E-state index contributed by atoms with van der Waals surface area (Å²) in [6.45, 7) is 0.663. The maximum absolute atomic E-state index is 12.9. The summed E-state index contributed by atoms with van der Waals surface area (Å²) >= 11 is 0. The van der Waals surface area contributed by atoms with Crippen LogP contribution in [0, 0.1) is 0 Å². The van der Waals surface area contributed by atoms with Gasteiger partial charge in [-0.25, -0.2) is 4.98 Å². The van der Waals surface area contributed by atoms with E-state index >= 15 is 0 Å². The standard InChI is InChI=1S/C19H21N5O3/c1-22-18-15(10-21-22)19(26)23(12-20-18)11-17(25)24-9-3-4-16(24)13-5-7-14(27-2)8-6-13/h5-8,10,12,16H,3-4,9,11H2,1-2H3/t16-/m0/s1. The van der Waals surface area contributed by atoms with Crippen molar-refractivity contribution >= 4 is 16.9 Å². The van der Waals surface area contributed by atoms with Crippen molar-refractivity contribution < 1.29 is 9.53 Å². The van der Waals surface area contributed by atoms with Gasteiger partial charge < -0.3 is 9.64 Å². The third-order valence-corrected chi connectivity index (χ3v) is 5.10. The number of likely N-dealkylation sites (tertiary alicyclic amines) is 1. The van der Waals surface area contributed by atoms with Gasteiger partial charge in [-0.15, -0.1) is 0 Å². The highest BCUT2D eigenvalue weighted by Crippen LogP contribution is 2.32. The van der Waals surface area contributed by atoms with E-state index in [0.29, 0.717) is 17.6 Å². The van der Waals surface area contributed by atoms with E-state index in [2.05, 4.69) is 10.1 Å². The molecule has 1 fully saturated rings. The van der Waals surface area contributed by atoms with Gasteiger partial charge in [0.05, 0.1) is 19.3 Å². The fourth-order valence-electron chi connectivity index (χ4n) is 3.65. The molecule has 1 saturated heterocycles. The molecule has 3 aromatic rings. The Morgan fingerprint density at radius 3 is 2.81 bits per heavy atom. The second-order valence-electron chi connectivity index (χ2n) is 6.70. The van der Waals surface area contributed by atoms with Crippen LogP contribution in [-0.2, 0) is 18.4 Å². The topological polar surface area (TPSA) is 82.2 Å². The lowest BCUT2D eigenvalue weighted by Gasteiger charge is -2.25. The summed E-state index contributed by atoms with van der Waals surface area (Å²) in [6, 6.07) is 7.81. The fraction of sp³-hybridized carbons (Fsp3) is 0.368. The number of hydrogen-bond acceptors (Lipinski definition) is 5. The van der Waals surface area contributed by atoms with Crippen molar-refractivity contribution in [3.63, 3.8) is 0 Å². The number of nitrogens with zero attached hydrogens (tertiary/aromatic N) is 5. The van der Waals surface area contributed by atoms with Crippen LogP contribution in [0.1, 0.15) is 24.4 Å². The van der Waals surface area contributed by atoms with E-state index in [1.54, 1.807) is 18.8 Å². The van der Waals surface area contributed by atoms with Gasteiger partial charge in [0, 0.05) is 13.6 Å². The molecule has 140 valence electrons. The summed E-state index contributed by atoms with van der Waals surface area (Å²) in [6.07, 6.45) is 4.76. The van der Waals surface area contributed by atoms with Crippen LogP contribution in [-0.4, -0.2) is 43.8 Å². The smallest absolute Gasteiger partial charge is 0.264 e. The predicted octanol–water partition coefficient (Wildman–Crippen LogP) is 1.50. The van der Waals surface area contributed by atoms with Crippen LogP contribution < -0.4 is 10.3 Å². The normalized spacial score (nSPS) is 16.8. The van der Waals surface area contributed by atoms with Gasteiger partial charge >= 0.3 is 0 Å². The van der Waals surface area contributed by atoms with E-state index in [-0.39, 0.29) is 24.1 Å². The van der Waals surface area contributed by atoms with Gasteiger partial charge in [-0.2, -0.15) is 5.10 Å². The maximum atomic E-state index is 12.9. The van der Waals surface area contributed by atoms with E-state index in [1.807, 2.05) is 29.2 Å². The molecule has 0 unspecified atom stereocenters. The Morgan fingerprint density at radius 1 is 1.30 bits per heavy atom. The minimum Gasteiger partial charge on any atom is -0.497 e. The minimum absolute atomic E-state index is 0.0224. The molecule has 4 rings (SSSR count). The molecule has 0 saturated carbocycles. The summed E-state index contributed by atoms with van der Waals surface area (Å²) in [4.78, 5) is 31.6. The monoisotopic (exact) mass is 367 g/mol. The SMILES string of the molecule is COc1ccc([C@@H]2CCCN2C(=O)Cn2cnc3c(cnn3C)c2=O)cc1. The number of fused-ring (bicyclic) bond motifs is 1. The lowest BCUT2D eigenvalue weighted by molar-refractivity contribution is -0.132. The van der Waals surface area contributed by atoms with Crippen LogP contribution >= 0.6 is 0 Å². The Hall–Kier alpha value is -3.16. The molecule has 0 bridgehead atoms. The molecule has 0 radical (unpaired) electrons. The number of amides is 1. The molecule has 2 aromatic heterocycles. The fourth-order valence-corrected chi connectivity index (χ4v) is 3.65. The zero-order chi connectivity index (χ0) is 19.0. The van der Waals surface area contributed by atoms with Crippen molar-refractivity contribution in [2.75, 3.05) is 13.7 Å². The van der Waals surface area contributed by atoms with Crippen LogP contribution in [0.2, 0.25) is 0 Å². The van der Waals surface area contributed by atoms with Crippen molar-refractivity contribution in [2.45, 2.75) is 25.4 Å². The van der Waals surface area contributed by atoms with Crippen molar-refractivity contribution in [3.8, 4) is 5.75 Å². The van der Waals surface area contributed by atoms with Gasteiger partial charge in [0.1, 0.15) is 24.0 Å². The number of benzene rings is 1. The van der Waals surface area contributed by atoms with Crippen LogP contribution in [0.3, 0.4) is 0 Å². The van der Waals surface area contributed by atoms with Crippen LogP contribution in [0.15, 0.2) is 41.6 Å². The van der Waals surface area contributed by atoms with Gasteiger partial charge in [0.15, 0.2) is 5.65 Å². The predicted molar refractivity (Wildman–Crippen MR) is 99.5 cm³/mol. The van der Waals surface area contributed by atoms with Gasteiger partial charge in [-0.05, 0) is 30.5 Å². The molecule has 1 aliphatic rings. The zero-order valence-corrected chi connectivity index (χ0v) is 15.3. The summed E-state index contributed by atoms with van der Waals surface area (Å²) in [5.74, 6) is 0.706. The molecule has 8 nitrogen and oxygen atoms in total. The molecular formula is C19H21N5O3. The number of aryl methyl sites for hydroxylation is 1. The third kappa shape index (κ3) is 3.07. The summed E-state index contributed by atoms with van der Waals surface area (Å²) < 4.78 is 8.10. The van der Waals surface area contributed by atoms with E-state index in [0.717, 1.165) is 24.2 Å². The molecule has 8 heteroatoms. The molecule has 27 heavy (non-hydrogen) atoms. The molecule has 0 spiro atoms. The van der Waals surface area contributed by atoms with E-state index in [1.165, 1.54) is 17.1 Å². The van der Waals surface area contributed by atoms with Gasteiger partial charge in [-0.3, -0.25) is 18.8 Å². The van der Waals surface area contributed by atoms with Gasteiger partial charge in [0.25, 0.3) is 5.56 Å². The molecular weight excluding hydrogens is 346 g/mol. The average molecular weight is 367 g/mol. The summed E-state index contributed by atoms with van der Waals surface area (Å²) in [5.41, 5.74) is 1.34. The lowest BCUT2D eigenvalue weighted by atomic mass is 10.0. The summed E-state index contributed by atoms with van der Waals surface area (Å²) in [7, 11) is 3.36. The first kappa shape index (κ1) is 17.3. The molecule has 1 atom stereocenters. The second-order valence-corrected chi connectivity index (χ2v) is 6.70. The highest BCUT2D eigenvalue weighted by Gasteiger charge is 2.30. The van der Waals surface area contributed by atoms with Crippen LogP contribution in [0.5, 0.6) is 5.75 Å². The van der Waals surface area contributed by atoms with Gasteiger partial charge in [0.2, 0.25) is 5.91 Å². The molecule has 0 N–H and O–H groups in total. The molecule has 1 aliphatic heterocycles. The number of carbonyl (C=O) groups is 1. The maximum Gasteiger partial charge on any atom is 0.264 e. The van der Waals surface area contributed by atoms with Crippen molar-refractivity contribution in [3.05, 3.63) is 52.7 Å². The average Bonchev–Trinajstić information content (AvgIpc) is 3.32. The lowest BCUT2D eigenvalue weighted by Crippen LogP contribution is -2.36. The zero-order valence-electron chi connectivity index (χ0n) is 15.3. The Kier molecular flexibility index (Phi) is 4.39. The molecule has 1 aromatic carbocycles. The first-order chi connectivity index (χ1) is 13.1. The molecule has 1 amide bonds. The van der Waals surface area contributed by atoms with Crippen molar-refractivity contribution in [1.82, 2.24) is 24.2 Å². The Bertz CT molecular complexity index is 1040. The Morgan fingerprint density at radius 2 is 2.07 bits per heavy atom. The number of aromatic nitrogens is 4. The number of methoxy groups -OCH3 is 1. The van der Waals surface area contributed by atoms with Crippen LogP contribution in [0.4, 0.5) is 0 Å². The van der Waals surface area contributed by atoms with E-state index in [4.69, 9.17) is 4.74 Å². The Labute approximate surface area is 156 Å². The third-order valence-electron chi connectivity index (χ3n) is 5.10. The van der Waals surface area contributed by atoms with Gasteiger partial charge in [-0.1, -0.05) is 12.1 Å². The molecule has 3 heterocycles. The first-order valence-electron chi connectivity index (χ1n) is 8.89. The highest BCUT2D eigenvalue weighted by atomic mass is 16.5. The number of hydrogen-bond donors (Lipinski definition) is 0. The van der Waals surface area contributed by atoms with E-state index < -0.39 is 0 Å².